The summed E-state index contributed by atoms with van der Waals surface area (Å²) >= 11 is 0. The maximum absolute atomic E-state index is 13.6. The predicted molar refractivity (Wildman–Crippen MR) is 193 cm³/mol. The summed E-state index contributed by atoms with van der Waals surface area (Å²) in [5, 5.41) is 43.7. The van der Waals surface area contributed by atoms with E-state index >= 15 is 0 Å². The fourth-order valence-electron chi connectivity index (χ4n) is 6.38. The van der Waals surface area contributed by atoms with Crippen LogP contribution in [0.3, 0.4) is 0 Å². The second-order valence-electron chi connectivity index (χ2n) is 13.1. The van der Waals surface area contributed by atoms with E-state index in [-0.39, 0.29) is 33.0 Å². The molecule has 0 spiro atoms. The van der Waals surface area contributed by atoms with Crippen LogP contribution in [0, 0.1) is 0 Å². The van der Waals surface area contributed by atoms with Crippen molar-refractivity contribution in [1.29, 1.82) is 0 Å². The number of aliphatic hydroxyl groups excluding tert-OH is 4. The number of nitrogens with one attached hydrogen (secondary N) is 1. The van der Waals surface area contributed by atoms with Crippen LogP contribution in [0.1, 0.15) is 22.3 Å². The number of hydrogen-bond donors (Lipinski definition) is 5. The van der Waals surface area contributed by atoms with Crippen molar-refractivity contribution in [2.45, 2.75) is 87.8 Å². The van der Waals surface area contributed by atoms with Gasteiger partial charge in [0, 0.05) is 0 Å². The summed E-state index contributed by atoms with van der Waals surface area (Å²) < 4.78 is 43.2. The minimum Gasteiger partial charge on any atom is -0.438 e. The Morgan fingerprint density at radius 2 is 1.02 bits per heavy atom. The van der Waals surface area contributed by atoms with E-state index in [9.17, 15) is 25.2 Å². The first kappa shape index (κ1) is 39.4. The fraction of sp³-hybridized carbons (Fsp3) is 0.390. The Kier molecular flexibility index (Phi) is 14.5. The summed E-state index contributed by atoms with van der Waals surface area (Å²) in [5.41, 5.74) is 3.63. The van der Waals surface area contributed by atoms with E-state index in [4.69, 9.17) is 33.2 Å². The largest absolute Gasteiger partial charge is 0.438 e. The summed E-state index contributed by atoms with van der Waals surface area (Å²) in [5.74, 6) is 0. The van der Waals surface area contributed by atoms with Crippen LogP contribution in [0.15, 0.2) is 121 Å². The fourth-order valence-corrected chi connectivity index (χ4v) is 6.38. The van der Waals surface area contributed by atoms with Gasteiger partial charge >= 0.3 is 6.09 Å². The summed E-state index contributed by atoms with van der Waals surface area (Å²) in [6, 6.07) is 38.4. The zero-order valence-electron chi connectivity index (χ0n) is 29.6. The molecule has 1 amide bonds. The van der Waals surface area contributed by atoms with Crippen LogP contribution >= 0.6 is 0 Å². The lowest BCUT2D eigenvalue weighted by Gasteiger charge is -2.46. The van der Waals surface area contributed by atoms with E-state index in [2.05, 4.69) is 5.32 Å². The molecule has 10 atom stereocenters. The van der Waals surface area contributed by atoms with Gasteiger partial charge in [-0.2, -0.15) is 0 Å². The Balaban J connectivity index is 1.29. The third-order valence-corrected chi connectivity index (χ3v) is 9.23. The molecule has 288 valence electrons. The molecule has 54 heavy (non-hydrogen) atoms. The summed E-state index contributed by atoms with van der Waals surface area (Å²) in [6.45, 7) is 0.172. The summed E-state index contributed by atoms with van der Waals surface area (Å²) in [7, 11) is 0. The Bertz CT molecular complexity index is 1670. The minimum atomic E-state index is -1.83. The van der Waals surface area contributed by atoms with Gasteiger partial charge in [-0.1, -0.05) is 121 Å². The molecule has 6 rings (SSSR count). The molecular weight excluding hydrogens is 698 g/mol. The highest BCUT2D eigenvalue weighted by atomic mass is 16.7. The quantitative estimate of drug-likeness (QED) is 0.114. The second-order valence-corrected chi connectivity index (χ2v) is 13.1. The Hall–Kier alpha value is -4.25. The van der Waals surface area contributed by atoms with Gasteiger partial charge in [0.25, 0.3) is 0 Å². The molecule has 1 unspecified atom stereocenters. The molecule has 2 aliphatic heterocycles. The van der Waals surface area contributed by atoms with Gasteiger partial charge in [0.05, 0.1) is 39.6 Å². The molecule has 2 fully saturated rings. The monoisotopic (exact) mass is 745 g/mol. The first-order valence-electron chi connectivity index (χ1n) is 17.9. The first-order chi connectivity index (χ1) is 26.4. The molecule has 13 heteroatoms. The van der Waals surface area contributed by atoms with Crippen LogP contribution in [0.4, 0.5) is 4.79 Å². The van der Waals surface area contributed by atoms with Crippen molar-refractivity contribution in [3.63, 3.8) is 0 Å². The maximum Gasteiger partial charge on any atom is 0.409 e. The van der Waals surface area contributed by atoms with Crippen LogP contribution < -0.4 is 5.32 Å². The average molecular weight is 746 g/mol. The molecule has 0 radical (unpaired) electrons. The van der Waals surface area contributed by atoms with Crippen LogP contribution in [-0.2, 0) is 59.6 Å². The number of amides is 1. The van der Waals surface area contributed by atoms with Crippen molar-refractivity contribution in [1.82, 2.24) is 5.32 Å². The molecule has 2 aliphatic rings. The van der Waals surface area contributed by atoms with Gasteiger partial charge < -0.3 is 53.6 Å². The van der Waals surface area contributed by atoms with Gasteiger partial charge in [-0.25, -0.2) is 4.79 Å². The van der Waals surface area contributed by atoms with Gasteiger partial charge in [0.15, 0.2) is 18.6 Å². The zero-order valence-corrected chi connectivity index (χ0v) is 29.6. The van der Waals surface area contributed by atoms with Crippen molar-refractivity contribution in [2.24, 2.45) is 0 Å². The van der Waals surface area contributed by atoms with Crippen LogP contribution in [0.5, 0.6) is 0 Å². The van der Waals surface area contributed by atoms with E-state index in [1.165, 1.54) is 0 Å². The molecule has 0 bridgehead atoms. The molecule has 0 saturated carbocycles. The molecule has 0 aliphatic carbocycles. The minimum absolute atomic E-state index is 0.0425. The smallest absolute Gasteiger partial charge is 0.409 e. The highest BCUT2D eigenvalue weighted by molar-refractivity contribution is 5.68. The van der Waals surface area contributed by atoms with Crippen molar-refractivity contribution in [3.8, 4) is 0 Å². The lowest BCUT2D eigenvalue weighted by molar-refractivity contribution is -0.289. The third kappa shape index (κ3) is 10.7. The van der Waals surface area contributed by atoms with Crippen LogP contribution in [-0.4, -0.2) is 101 Å². The summed E-state index contributed by atoms with van der Waals surface area (Å²) in [4.78, 5) is 13.6. The topological polar surface area (TPSA) is 175 Å². The predicted octanol–water partition coefficient (Wildman–Crippen LogP) is 3.21. The highest BCUT2D eigenvalue weighted by Crippen LogP contribution is 2.31. The zero-order chi connectivity index (χ0) is 37.7. The lowest BCUT2D eigenvalue weighted by atomic mass is 9.96. The molecule has 2 saturated heterocycles. The van der Waals surface area contributed by atoms with E-state index < -0.39 is 74.0 Å². The highest BCUT2D eigenvalue weighted by Gasteiger charge is 2.50. The molecule has 4 aromatic rings. The van der Waals surface area contributed by atoms with Gasteiger partial charge in [-0.3, -0.25) is 5.32 Å². The molecule has 13 nitrogen and oxygen atoms in total. The van der Waals surface area contributed by atoms with E-state index in [0.717, 1.165) is 22.3 Å². The Labute approximate surface area is 313 Å². The SMILES string of the molecule is O=C(N[C@@H]1O[C@H](COCc2ccccc2)[C@@H](OCc2ccccc2)[C@H](OCc2ccccc2)[C@H]1OCc1ccccc1)O[C@@H]1C(O)O[C@H](CO)[C@@H](O)[C@@H]1O. The number of carbonyl (C=O) groups excluding carboxylic acids is 1. The Morgan fingerprint density at radius 3 is 1.52 bits per heavy atom. The van der Waals surface area contributed by atoms with Gasteiger partial charge in [-0.05, 0) is 22.3 Å². The van der Waals surface area contributed by atoms with Crippen LogP contribution in [0.2, 0.25) is 0 Å². The Morgan fingerprint density at radius 1 is 0.556 bits per heavy atom. The van der Waals surface area contributed by atoms with Gasteiger partial charge in [-0.15, -0.1) is 0 Å². The molecule has 4 aromatic carbocycles. The summed E-state index contributed by atoms with van der Waals surface area (Å²) in [6.07, 6.45) is -13.9. The number of carbonyl (C=O) groups is 1. The number of benzene rings is 4. The molecule has 0 aromatic heterocycles. The molecule has 2 heterocycles. The van der Waals surface area contributed by atoms with Crippen molar-refractivity contribution < 1.29 is 58.4 Å². The van der Waals surface area contributed by atoms with Crippen LogP contribution in [0.25, 0.3) is 0 Å². The van der Waals surface area contributed by atoms with E-state index in [1.54, 1.807) is 0 Å². The standard InChI is InChI=1S/C41H47NO12/c43-21-31-33(44)34(45)36(40(46)53-31)54-41(47)42-39-38(51-25-30-19-11-4-12-20-30)37(50-24-29-17-9-3-10-18-29)35(49-23-28-15-7-2-8-16-28)32(52-39)26-48-22-27-13-5-1-6-14-27/h1-20,31-40,43-46H,21-26H2,(H,42,47)/t31-,32-,33-,34+,35-,36+,37+,38-,39-,40?/m1/s1. The van der Waals surface area contributed by atoms with Gasteiger partial charge in [0.1, 0.15) is 42.7 Å². The van der Waals surface area contributed by atoms with Gasteiger partial charge in [0.2, 0.25) is 0 Å². The average Bonchev–Trinajstić information content (AvgIpc) is 3.20. The molecule has 5 N–H and O–H groups in total. The third-order valence-electron chi connectivity index (χ3n) is 9.23. The van der Waals surface area contributed by atoms with E-state index in [1.807, 2.05) is 121 Å². The lowest BCUT2D eigenvalue weighted by Crippen LogP contribution is -2.66. The number of hydrogen-bond acceptors (Lipinski definition) is 12. The van der Waals surface area contributed by atoms with Crippen molar-refractivity contribution in [2.75, 3.05) is 13.2 Å². The number of rotatable bonds is 16. The number of alkyl carbamates (subject to hydrolysis) is 1. The van der Waals surface area contributed by atoms with Crippen molar-refractivity contribution >= 4 is 6.09 Å². The van der Waals surface area contributed by atoms with E-state index in [0.29, 0.717) is 0 Å². The maximum atomic E-state index is 13.6. The van der Waals surface area contributed by atoms with Crippen molar-refractivity contribution in [3.05, 3.63) is 144 Å². The second kappa shape index (κ2) is 19.9. The first-order valence-corrected chi connectivity index (χ1v) is 17.9. The number of aliphatic hydroxyl groups is 4. The normalized spacial score (nSPS) is 28.3. The molecular formula is C41H47NO12. The number of ether oxygens (including phenoxy) is 7.